The Morgan fingerprint density at radius 1 is 1.23 bits per heavy atom. The molecule has 2 saturated carbocycles. The zero-order valence-corrected chi connectivity index (χ0v) is 20.9. The monoisotopic (exact) mass is 480 g/mol. The van der Waals surface area contributed by atoms with Crippen LogP contribution in [0, 0.1) is 29.1 Å². The lowest BCUT2D eigenvalue weighted by atomic mass is 9.77. The van der Waals surface area contributed by atoms with Gasteiger partial charge in [0.2, 0.25) is 5.78 Å². The van der Waals surface area contributed by atoms with Crippen LogP contribution in [0.15, 0.2) is 48.1 Å². The van der Waals surface area contributed by atoms with E-state index in [4.69, 9.17) is 9.47 Å². The minimum absolute atomic E-state index is 0.0325. The Morgan fingerprint density at radius 2 is 1.94 bits per heavy atom. The molecule has 6 heteroatoms. The fraction of sp³-hybridized carbons (Fsp3) is 0.586. The number of esters is 1. The van der Waals surface area contributed by atoms with Crippen LogP contribution in [-0.2, 0) is 19.1 Å². The molecule has 0 bridgehead atoms. The molecule has 3 aliphatic carbocycles. The van der Waals surface area contributed by atoms with Gasteiger partial charge in [-0.1, -0.05) is 57.2 Å². The average Bonchev–Trinajstić information content (AvgIpc) is 3.60. The van der Waals surface area contributed by atoms with Gasteiger partial charge in [0.05, 0.1) is 30.3 Å². The van der Waals surface area contributed by atoms with Crippen LogP contribution in [0.4, 0.5) is 0 Å². The molecule has 0 spiro atoms. The fourth-order valence-electron chi connectivity index (χ4n) is 6.84. The van der Waals surface area contributed by atoms with Gasteiger partial charge in [0.25, 0.3) is 0 Å². The molecule has 8 atom stereocenters. The molecule has 5 rings (SSSR count). The summed E-state index contributed by atoms with van der Waals surface area (Å²) < 4.78 is 12.3. The van der Waals surface area contributed by atoms with Crippen LogP contribution >= 0.6 is 0 Å². The number of hydrogen-bond donors (Lipinski definition) is 2. The number of benzene rings is 1. The lowest BCUT2D eigenvalue weighted by molar-refractivity contribution is -0.168. The molecule has 1 aliphatic heterocycles. The zero-order chi connectivity index (χ0) is 25.2. The third kappa shape index (κ3) is 4.00. The van der Waals surface area contributed by atoms with Gasteiger partial charge in [-0.25, -0.2) is 4.79 Å². The van der Waals surface area contributed by atoms with Gasteiger partial charge in [-0.2, -0.15) is 0 Å². The number of Topliss-reactive ketones (excluding diaryl/α,β-unsaturated/α-hetero) is 1. The van der Waals surface area contributed by atoms with E-state index in [9.17, 15) is 19.8 Å². The Hall–Kier alpha value is -2.28. The molecule has 1 aromatic carbocycles. The highest BCUT2D eigenvalue weighted by molar-refractivity contribution is 6.04. The number of fused-ring (bicyclic) bond motifs is 4. The molecule has 0 amide bonds. The second-order valence-corrected chi connectivity index (χ2v) is 11.8. The third-order valence-corrected chi connectivity index (χ3v) is 9.19. The van der Waals surface area contributed by atoms with Crippen molar-refractivity contribution in [3.05, 3.63) is 53.6 Å². The van der Waals surface area contributed by atoms with Crippen molar-refractivity contribution in [3.8, 4) is 0 Å². The molecule has 4 aliphatic rings. The average molecular weight is 481 g/mol. The topological polar surface area (TPSA) is 96.4 Å². The summed E-state index contributed by atoms with van der Waals surface area (Å²) in [7, 11) is 0. The van der Waals surface area contributed by atoms with E-state index in [0.29, 0.717) is 5.92 Å². The predicted molar refractivity (Wildman–Crippen MR) is 131 cm³/mol. The third-order valence-electron chi connectivity index (χ3n) is 9.19. The molecule has 188 valence electrons. The van der Waals surface area contributed by atoms with Gasteiger partial charge >= 0.3 is 5.97 Å². The number of aliphatic hydroxyl groups is 2. The summed E-state index contributed by atoms with van der Waals surface area (Å²) in [5.41, 5.74) is -0.929. The van der Waals surface area contributed by atoms with Crippen molar-refractivity contribution in [2.45, 2.75) is 70.4 Å². The van der Waals surface area contributed by atoms with Crippen molar-refractivity contribution in [1.29, 1.82) is 0 Å². The summed E-state index contributed by atoms with van der Waals surface area (Å²) in [5, 5.41) is 21.5. The number of allylic oxidation sites excluding steroid dienone is 1. The minimum Gasteiger partial charge on any atom is -0.447 e. The van der Waals surface area contributed by atoms with Gasteiger partial charge in [0, 0.05) is 18.1 Å². The van der Waals surface area contributed by atoms with E-state index in [-0.39, 0.29) is 29.2 Å². The summed E-state index contributed by atoms with van der Waals surface area (Å²) in [4.78, 5) is 27.3. The van der Waals surface area contributed by atoms with E-state index in [1.54, 1.807) is 6.08 Å². The van der Waals surface area contributed by atoms with Gasteiger partial charge in [-0.05, 0) is 54.6 Å². The molecule has 1 saturated heterocycles. The van der Waals surface area contributed by atoms with E-state index < -0.39 is 47.7 Å². The second-order valence-electron chi connectivity index (χ2n) is 11.8. The molecule has 0 aromatic heterocycles. The van der Waals surface area contributed by atoms with Crippen molar-refractivity contribution >= 4 is 17.8 Å². The van der Waals surface area contributed by atoms with Crippen molar-refractivity contribution in [3.63, 3.8) is 0 Å². The van der Waals surface area contributed by atoms with Gasteiger partial charge in [0.15, 0.2) is 5.60 Å². The maximum atomic E-state index is 14.2. The molecule has 3 fully saturated rings. The van der Waals surface area contributed by atoms with Crippen LogP contribution in [0.5, 0.6) is 0 Å². The Bertz CT molecular complexity index is 1070. The number of carbonyl (C=O) groups excluding carboxylic acids is 2. The minimum atomic E-state index is -1.59. The number of rotatable bonds is 4. The maximum absolute atomic E-state index is 14.2. The highest BCUT2D eigenvalue weighted by Crippen LogP contribution is 2.64. The van der Waals surface area contributed by atoms with Crippen LogP contribution in [0.3, 0.4) is 0 Å². The fourth-order valence-corrected chi connectivity index (χ4v) is 6.84. The van der Waals surface area contributed by atoms with Crippen LogP contribution in [0.1, 0.15) is 52.5 Å². The Kier molecular flexibility index (Phi) is 5.86. The summed E-state index contributed by atoms with van der Waals surface area (Å²) in [6.45, 7) is 7.84. The molecular formula is C29H36O6. The van der Waals surface area contributed by atoms with E-state index in [0.717, 1.165) is 18.4 Å². The summed E-state index contributed by atoms with van der Waals surface area (Å²) >= 11 is 0. The normalized spacial score (nSPS) is 43.3. The Morgan fingerprint density at radius 3 is 2.63 bits per heavy atom. The first-order chi connectivity index (χ1) is 16.5. The van der Waals surface area contributed by atoms with E-state index in [2.05, 4.69) is 13.8 Å². The molecule has 0 unspecified atom stereocenters. The van der Waals surface area contributed by atoms with E-state index in [1.807, 2.05) is 50.3 Å². The molecule has 6 nitrogen and oxygen atoms in total. The number of ketones is 1. The largest absolute Gasteiger partial charge is 0.447 e. The number of ether oxygens (including phenoxy) is 2. The predicted octanol–water partition coefficient (Wildman–Crippen LogP) is 3.71. The van der Waals surface area contributed by atoms with Crippen molar-refractivity contribution < 1.29 is 29.3 Å². The number of hydrogen-bond acceptors (Lipinski definition) is 6. The van der Waals surface area contributed by atoms with E-state index in [1.165, 1.54) is 6.08 Å². The first-order valence-corrected chi connectivity index (χ1v) is 12.7. The Labute approximate surface area is 207 Å². The van der Waals surface area contributed by atoms with Gasteiger partial charge < -0.3 is 19.7 Å². The van der Waals surface area contributed by atoms with Crippen LogP contribution in [0.2, 0.25) is 0 Å². The quantitative estimate of drug-likeness (QED) is 0.388. The first kappa shape index (κ1) is 24.4. The molecular weight excluding hydrogens is 444 g/mol. The summed E-state index contributed by atoms with van der Waals surface area (Å²) in [5.74, 6) is -1.45. The highest BCUT2D eigenvalue weighted by atomic mass is 16.6. The Balaban J connectivity index is 1.55. The van der Waals surface area contributed by atoms with Crippen molar-refractivity contribution in [2.75, 3.05) is 6.61 Å². The molecule has 2 N–H and O–H groups in total. The maximum Gasteiger partial charge on any atom is 0.331 e. The van der Waals surface area contributed by atoms with Crippen molar-refractivity contribution in [2.24, 2.45) is 29.1 Å². The molecule has 1 heterocycles. The summed E-state index contributed by atoms with van der Waals surface area (Å²) in [6, 6.07) is 9.38. The zero-order valence-electron chi connectivity index (χ0n) is 20.9. The molecule has 1 aromatic rings. The van der Waals surface area contributed by atoms with Crippen LogP contribution in [0.25, 0.3) is 6.08 Å². The highest BCUT2D eigenvalue weighted by Gasteiger charge is 2.71. The van der Waals surface area contributed by atoms with Gasteiger partial charge in [-0.15, -0.1) is 0 Å². The number of epoxide rings is 1. The number of carbonyl (C=O) groups is 2. The summed E-state index contributed by atoms with van der Waals surface area (Å²) in [6.07, 6.45) is 5.56. The first-order valence-electron chi connectivity index (χ1n) is 12.7. The van der Waals surface area contributed by atoms with Crippen LogP contribution in [-0.4, -0.2) is 52.0 Å². The van der Waals surface area contributed by atoms with Gasteiger partial charge in [0.1, 0.15) is 0 Å². The number of aliphatic hydroxyl groups excluding tert-OH is 2. The van der Waals surface area contributed by atoms with Gasteiger partial charge in [-0.3, -0.25) is 4.79 Å². The van der Waals surface area contributed by atoms with Crippen LogP contribution < -0.4 is 0 Å². The standard InChI is InChI=1S/C29H36O6/c1-17-15-29(34-22(31)11-10-18-8-6-5-7-9-18)23(24(17)32)26-28(4,35-26)13-12-20-21(27(20,2)3)14-19(16-30)25(29)33/h5-11,14,17,20-21,23-24,26,30,32H,12-13,15-16H2,1-4H3/b11-10+,19-14+/t17-,20-,21+,23+,24-,26+,28+,29+/m0/s1. The lowest BCUT2D eigenvalue weighted by Gasteiger charge is -2.34. The lowest BCUT2D eigenvalue weighted by Crippen LogP contribution is -2.52. The molecule has 0 radical (unpaired) electrons. The van der Waals surface area contributed by atoms with E-state index >= 15 is 0 Å². The van der Waals surface area contributed by atoms with Crippen molar-refractivity contribution in [1.82, 2.24) is 0 Å². The smallest absolute Gasteiger partial charge is 0.331 e. The molecule has 35 heavy (non-hydrogen) atoms. The second kappa shape index (κ2) is 8.39. The SMILES string of the molecule is C[C@H]1C[C@]2(OC(=O)/C=C/c3ccccc3)C(=O)/C(CO)=C/[C@@H]3[C@H](CC[C@@]4(C)O[C@@H]4[C@H]2[C@H]1O)C3(C)C.